The van der Waals surface area contributed by atoms with Crippen LogP contribution in [-0.2, 0) is 11.2 Å². The van der Waals surface area contributed by atoms with Crippen LogP contribution in [0.2, 0.25) is 0 Å². The number of anilines is 1. The van der Waals surface area contributed by atoms with Crippen molar-refractivity contribution in [3.05, 3.63) is 59.2 Å². The first-order valence-electron chi connectivity index (χ1n) is 8.81. The highest BCUT2D eigenvalue weighted by atomic mass is 35.5. The van der Waals surface area contributed by atoms with E-state index in [1.807, 2.05) is 43.3 Å². The second-order valence-corrected chi connectivity index (χ2v) is 7.92. The fourth-order valence-electron chi connectivity index (χ4n) is 2.79. The zero-order chi connectivity index (χ0) is 18.7. The number of benzene rings is 2. The Hall–Kier alpha value is -1.95. The highest BCUT2D eigenvalue weighted by Crippen LogP contribution is 2.29. The van der Waals surface area contributed by atoms with Crippen LogP contribution in [0.5, 0.6) is 0 Å². The van der Waals surface area contributed by atoms with Crippen molar-refractivity contribution >= 4 is 45.0 Å². The molecule has 0 fully saturated rings. The third kappa shape index (κ3) is 5.28. The Bertz CT molecular complexity index is 890. The van der Waals surface area contributed by atoms with Crippen LogP contribution in [0, 0.1) is 13.8 Å². The topological polar surface area (TPSA) is 36.4 Å². The molecule has 1 aromatic heterocycles. The van der Waals surface area contributed by atoms with Crippen LogP contribution < -0.4 is 4.90 Å². The molecule has 0 bridgehead atoms. The van der Waals surface area contributed by atoms with Gasteiger partial charge in [-0.2, -0.15) is 0 Å². The molecule has 3 aromatic rings. The van der Waals surface area contributed by atoms with E-state index >= 15 is 0 Å². The minimum absolute atomic E-state index is 0. The molecule has 0 atom stereocenters. The highest BCUT2D eigenvalue weighted by Gasteiger charge is 2.20. The fourth-order valence-corrected chi connectivity index (χ4v) is 3.79. The van der Waals surface area contributed by atoms with Crippen molar-refractivity contribution in [2.45, 2.75) is 20.3 Å². The summed E-state index contributed by atoms with van der Waals surface area (Å²) in [6.07, 6.45) is 0.393. The van der Waals surface area contributed by atoms with Crippen molar-refractivity contribution in [2.75, 3.05) is 32.1 Å². The number of thiazole rings is 1. The largest absolute Gasteiger partial charge is 0.308 e. The monoisotopic (exact) mass is 403 g/mol. The van der Waals surface area contributed by atoms with Crippen LogP contribution >= 0.6 is 23.7 Å². The van der Waals surface area contributed by atoms with Gasteiger partial charge in [0.25, 0.3) is 0 Å². The van der Waals surface area contributed by atoms with Crippen LogP contribution in [0.15, 0.2) is 42.5 Å². The third-order valence-corrected chi connectivity index (χ3v) is 5.57. The minimum atomic E-state index is 0. The lowest BCUT2D eigenvalue weighted by Gasteiger charge is -2.22. The van der Waals surface area contributed by atoms with Crippen molar-refractivity contribution in [3.8, 4) is 0 Å². The lowest BCUT2D eigenvalue weighted by Crippen LogP contribution is -2.37. The average molecular weight is 404 g/mol. The maximum atomic E-state index is 13.1. The summed E-state index contributed by atoms with van der Waals surface area (Å²) in [4.78, 5) is 21.7. The van der Waals surface area contributed by atoms with Crippen LogP contribution in [0.4, 0.5) is 5.13 Å². The summed E-state index contributed by atoms with van der Waals surface area (Å²) in [6.45, 7) is 5.61. The van der Waals surface area contributed by atoms with Crippen LogP contribution in [0.1, 0.15) is 16.7 Å². The number of nitrogens with zero attached hydrogens (tertiary/aromatic N) is 3. The number of carbonyl (C=O) groups excluding carboxylic acids is 1. The molecule has 0 N–H and O–H groups in total. The summed E-state index contributed by atoms with van der Waals surface area (Å²) < 4.78 is 1.11. The second kappa shape index (κ2) is 9.31. The van der Waals surface area contributed by atoms with Gasteiger partial charge in [-0.05, 0) is 56.8 Å². The number of rotatable bonds is 6. The highest BCUT2D eigenvalue weighted by molar-refractivity contribution is 7.22. The van der Waals surface area contributed by atoms with E-state index in [1.165, 1.54) is 11.1 Å². The van der Waals surface area contributed by atoms with Gasteiger partial charge in [0.2, 0.25) is 5.91 Å². The summed E-state index contributed by atoms with van der Waals surface area (Å²) >= 11 is 1.58. The van der Waals surface area contributed by atoms with Crippen molar-refractivity contribution in [1.29, 1.82) is 0 Å². The van der Waals surface area contributed by atoms with Crippen molar-refractivity contribution in [1.82, 2.24) is 9.88 Å². The van der Waals surface area contributed by atoms with E-state index in [-0.39, 0.29) is 18.3 Å². The number of fused-ring (bicyclic) bond motifs is 1. The van der Waals surface area contributed by atoms with Crippen LogP contribution in [-0.4, -0.2) is 43.0 Å². The predicted octanol–water partition coefficient (Wildman–Crippen LogP) is 4.47. The molecule has 0 unspecified atom stereocenters. The molecule has 0 saturated heterocycles. The van der Waals surface area contributed by atoms with Gasteiger partial charge in [-0.15, -0.1) is 12.4 Å². The molecule has 0 aliphatic carbocycles. The molecular formula is C21H26ClN3OS. The summed E-state index contributed by atoms with van der Waals surface area (Å²) in [5.74, 6) is 0.0918. The molecule has 2 aromatic carbocycles. The van der Waals surface area contributed by atoms with E-state index in [0.717, 1.165) is 27.5 Å². The number of hydrogen-bond donors (Lipinski definition) is 0. The lowest BCUT2D eigenvalue weighted by molar-refractivity contribution is -0.118. The smallest absolute Gasteiger partial charge is 0.233 e. The zero-order valence-electron chi connectivity index (χ0n) is 16.2. The first kappa shape index (κ1) is 21.4. The first-order valence-corrected chi connectivity index (χ1v) is 9.62. The molecule has 6 heteroatoms. The molecule has 144 valence electrons. The molecule has 3 rings (SSSR count). The van der Waals surface area contributed by atoms with Crippen LogP contribution in [0.3, 0.4) is 0 Å². The third-order valence-electron chi connectivity index (χ3n) is 4.51. The molecular weight excluding hydrogens is 378 g/mol. The Morgan fingerprint density at radius 3 is 2.44 bits per heavy atom. The molecule has 0 aliphatic heterocycles. The summed E-state index contributed by atoms with van der Waals surface area (Å²) in [6, 6.07) is 14.3. The number of aromatic nitrogens is 1. The van der Waals surface area contributed by atoms with Crippen molar-refractivity contribution < 1.29 is 4.79 Å². The van der Waals surface area contributed by atoms with Gasteiger partial charge in [0.15, 0.2) is 5.13 Å². The van der Waals surface area contributed by atoms with Gasteiger partial charge in [0.05, 0.1) is 16.6 Å². The molecule has 1 amide bonds. The Morgan fingerprint density at radius 1 is 1.04 bits per heavy atom. The van der Waals surface area contributed by atoms with Gasteiger partial charge in [0.1, 0.15) is 0 Å². The number of para-hydroxylation sites is 1. The Balaban J connectivity index is 0.00000261. The number of hydrogen-bond acceptors (Lipinski definition) is 4. The van der Waals surface area contributed by atoms with Gasteiger partial charge in [-0.25, -0.2) is 4.98 Å². The fraction of sp³-hybridized carbons (Fsp3) is 0.333. The quantitative estimate of drug-likeness (QED) is 0.609. The maximum Gasteiger partial charge on any atom is 0.233 e. The van der Waals surface area contributed by atoms with E-state index in [1.54, 1.807) is 11.3 Å². The van der Waals surface area contributed by atoms with Gasteiger partial charge < -0.3 is 4.90 Å². The normalized spacial score (nSPS) is 10.9. The maximum absolute atomic E-state index is 13.1. The first-order chi connectivity index (χ1) is 12.4. The van der Waals surface area contributed by atoms with E-state index in [4.69, 9.17) is 4.98 Å². The average Bonchev–Trinajstić information content (AvgIpc) is 3.01. The predicted molar refractivity (Wildman–Crippen MR) is 117 cm³/mol. The van der Waals surface area contributed by atoms with Gasteiger partial charge in [0, 0.05) is 13.1 Å². The SMILES string of the molecule is Cc1ccc(CC(=O)N(CCN(C)C)c2nc3ccccc3s2)cc1C.Cl. The minimum Gasteiger partial charge on any atom is -0.308 e. The standard InChI is InChI=1S/C21H25N3OS.ClH/c1-15-9-10-17(13-16(15)2)14-20(25)24(12-11-23(3)4)21-22-18-7-5-6-8-19(18)26-21;/h5-10,13H,11-12,14H2,1-4H3;1H. The number of aryl methyl sites for hydroxylation is 2. The number of carbonyl (C=O) groups is 1. The van der Waals surface area contributed by atoms with Crippen molar-refractivity contribution in [2.24, 2.45) is 0 Å². The van der Waals surface area contributed by atoms with Gasteiger partial charge in [-0.1, -0.05) is 41.7 Å². The summed E-state index contributed by atoms with van der Waals surface area (Å²) in [5.41, 5.74) is 4.46. The Kier molecular flexibility index (Phi) is 7.36. The molecule has 27 heavy (non-hydrogen) atoms. The van der Waals surface area contributed by atoms with E-state index in [0.29, 0.717) is 13.0 Å². The Labute approximate surface area is 171 Å². The molecule has 4 nitrogen and oxygen atoms in total. The van der Waals surface area contributed by atoms with E-state index < -0.39 is 0 Å². The van der Waals surface area contributed by atoms with Crippen molar-refractivity contribution in [3.63, 3.8) is 0 Å². The molecule has 0 aliphatic rings. The lowest BCUT2D eigenvalue weighted by atomic mass is 10.0. The number of halogens is 1. The van der Waals surface area contributed by atoms with Crippen LogP contribution in [0.25, 0.3) is 10.2 Å². The summed E-state index contributed by atoms with van der Waals surface area (Å²) in [7, 11) is 4.04. The van der Waals surface area contributed by atoms with E-state index in [9.17, 15) is 4.79 Å². The molecule has 1 heterocycles. The second-order valence-electron chi connectivity index (χ2n) is 6.91. The van der Waals surface area contributed by atoms with E-state index in [2.05, 4.69) is 36.9 Å². The Morgan fingerprint density at radius 2 is 1.78 bits per heavy atom. The number of likely N-dealkylation sites (N-methyl/N-ethyl adjacent to an activating group) is 1. The molecule has 0 saturated carbocycles. The summed E-state index contributed by atoms with van der Waals surface area (Å²) in [5, 5.41) is 0.780. The zero-order valence-corrected chi connectivity index (χ0v) is 17.9. The molecule has 0 radical (unpaired) electrons. The van der Waals surface area contributed by atoms with Gasteiger partial charge >= 0.3 is 0 Å². The molecule has 0 spiro atoms. The number of amides is 1. The van der Waals surface area contributed by atoms with Gasteiger partial charge in [-0.3, -0.25) is 9.69 Å².